The fourth-order valence-corrected chi connectivity index (χ4v) is 1.96. The number of rotatable bonds is 3. The van der Waals surface area contributed by atoms with E-state index in [1.165, 1.54) is 0 Å². The summed E-state index contributed by atoms with van der Waals surface area (Å²) >= 11 is 4.00. The third kappa shape index (κ3) is 2.54. The van der Waals surface area contributed by atoms with Crippen LogP contribution in [0.2, 0.25) is 0 Å². The highest BCUT2D eigenvalue weighted by Crippen LogP contribution is 2.30. The zero-order chi connectivity index (χ0) is 12.3. The van der Waals surface area contributed by atoms with Gasteiger partial charge in [-0.15, -0.1) is 0 Å². The highest BCUT2D eigenvalue weighted by molar-refractivity contribution is 7.78. The molecule has 0 atom stereocenters. The lowest BCUT2D eigenvalue weighted by molar-refractivity contribution is 0.986. The average Bonchev–Trinajstić information content (AvgIpc) is 2.33. The van der Waals surface area contributed by atoms with Crippen molar-refractivity contribution in [1.29, 1.82) is 0 Å². The van der Waals surface area contributed by atoms with Crippen LogP contribution in [0.1, 0.15) is 5.56 Å². The Morgan fingerprint density at radius 2 is 1.82 bits per heavy atom. The van der Waals surface area contributed by atoms with Crippen molar-refractivity contribution in [1.82, 2.24) is 4.72 Å². The topological polar surface area (TPSA) is 64.1 Å². The number of anilines is 2. The molecule has 0 radical (unpaired) electrons. The highest BCUT2D eigenvalue weighted by Gasteiger charge is 2.05. The van der Waals surface area contributed by atoms with Crippen molar-refractivity contribution in [2.75, 3.05) is 11.5 Å². The van der Waals surface area contributed by atoms with Crippen LogP contribution in [0.15, 0.2) is 42.5 Å². The van der Waals surface area contributed by atoms with E-state index in [4.69, 9.17) is 11.5 Å². The fourth-order valence-electron chi connectivity index (χ4n) is 1.77. The summed E-state index contributed by atoms with van der Waals surface area (Å²) in [6, 6.07) is 13.8. The Labute approximate surface area is 106 Å². The average molecular weight is 245 g/mol. The van der Waals surface area contributed by atoms with Crippen molar-refractivity contribution < 1.29 is 0 Å². The van der Waals surface area contributed by atoms with E-state index in [1.807, 2.05) is 30.3 Å². The van der Waals surface area contributed by atoms with Gasteiger partial charge in [0, 0.05) is 12.1 Å². The molecule has 2 aromatic rings. The minimum absolute atomic E-state index is 0.611. The van der Waals surface area contributed by atoms with Crippen LogP contribution in [0.5, 0.6) is 0 Å². The van der Waals surface area contributed by atoms with Crippen LogP contribution in [-0.4, -0.2) is 0 Å². The molecule has 0 saturated carbocycles. The van der Waals surface area contributed by atoms with Crippen molar-refractivity contribution >= 4 is 24.2 Å². The zero-order valence-electron chi connectivity index (χ0n) is 9.35. The largest absolute Gasteiger partial charge is 0.397 e. The zero-order valence-corrected chi connectivity index (χ0v) is 10.2. The van der Waals surface area contributed by atoms with E-state index in [1.54, 1.807) is 6.07 Å². The predicted molar refractivity (Wildman–Crippen MR) is 76.5 cm³/mol. The third-order valence-corrected chi connectivity index (χ3v) is 2.82. The number of hydrogen-bond acceptors (Lipinski definition) is 4. The number of thiol groups is 1. The maximum atomic E-state index is 5.98. The summed E-state index contributed by atoms with van der Waals surface area (Å²) in [5.41, 5.74) is 16.2. The predicted octanol–water partition coefficient (Wildman–Crippen LogP) is 2.45. The van der Waals surface area contributed by atoms with E-state index in [-0.39, 0.29) is 0 Å². The van der Waals surface area contributed by atoms with E-state index in [9.17, 15) is 0 Å². The van der Waals surface area contributed by atoms with Crippen LogP contribution in [0, 0.1) is 0 Å². The van der Waals surface area contributed by atoms with E-state index in [0.29, 0.717) is 17.9 Å². The Bertz CT molecular complexity index is 526. The number of hydrogen-bond donors (Lipinski definition) is 4. The van der Waals surface area contributed by atoms with E-state index < -0.39 is 0 Å². The Balaban J connectivity index is 2.45. The minimum Gasteiger partial charge on any atom is -0.397 e. The summed E-state index contributed by atoms with van der Waals surface area (Å²) in [6.07, 6.45) is 0. The Kier molecular flexibility index (Phi) is 3.56. The molecule has 0 unspecified atom stereocenters. The monoisotopic (exact) mass is 245 g/mol. The first-order valence-corrected chi connectivity index (χ1v) is 5.77. The number of nitrogens with one attached hydrogen (secondary N) is 1. The number of nitrogens with two attached hydrogens (primary N) is 2. The van der Waals surface area contributed by atoms with Crippen LogP contribution >= 0.6 is 12.8 Å². The highest BCUT2D eigenvalue weighted by atomic mass is 32.1. The lowest BCUT2D eigenvalue weighted by Crippen LogP contribution is -1.99. The van der Waals surface area contributed by atoms with Crippen LogP contribution in [-0.2, 0) is 6.54 Å². The summed E-state index contributed by atoms with van der Waals surface area (Å²) in [7, 11) is 0. The second-order valence-electron chi connectivity index (χ2n) is 3.84. The lowest BCUT2D eigenvalue weighted by Gasteiger charge is -2.09. The number of nitrogen functional groups attached to an aromatic ring is 2. The van der Waals surface area contributed by atoms with Crippen LogP contribution < -0.4 is 16.2 Å². The van der Waals surface area contributed by atoms with Crippen molar-refractivity contribution in [3.05, 3.63) is 48.0 Å². The first kappa shape index (κ1) is 11.8. The minimum atomic E-state index is 0.611. The van der Waals surface area contributed by atoms with Crippen LogP contribution in [0.3, 0.4) is 0 Å². The van der Waals surface area contributed by atoms with Gasteiger partial charge in [-0.25, -0.2) is 0 Å². The van der Waals surface area contributed by atoms with Gasteiger partial charge in [-0.2, -0.15) is 0 Å². The molecule has 2 aromatic carbocycles. The van der Waals surface area contributed by atoms with Gasteiger partial charge in [0.25, 0.3) is 0 Å². The standard InChI is InChI=1S/C13H15N3S/c14-12-6-2-5-11(13(12)15)10-4-1-3-9(7-10)8-16-17/h1-7,16-17H,8,14-15H2. The molecule has 17 heavy (non-hydrogen) atoms. The van der Waals surface area contributed by atoms with Gasteiger partial charge in [0.05, 0.1) is 11.4 Å². The molecule has 0 aliphatic carbocycles. The van der Waals surface area contributed by atoms with Gasteiger partial charge in [0.2, 0.25) is 0 Å². The van der Waals surface area contributed by atoms with Crippen LogP contribution in [0.4, 0.5) is 11.4 Å². The molecule has 0 aliphatic heterocycles. The second-order valence-corrected chi connectivity index (χ2v) is 4.16. The van der Waals surface area contributed by atoms with E-state index in [0.717, 1.165) is 16.7 Å². The quantitative estimate of drug-likeness (QED) is 0.496. The first-order chi connectivity index (χ1) is 8.22. The molecule has 0 fully saturated rings. The molecular weight excluding hydrogens is 230 g/mol. The van der Waals surface area contributed by atoms with Gasteiger partial charge >= 0.3 is 0 Å². The normalized spacial score (nSPS) is 10.4. The SMILES string of the molecule is Nc1cccc(-c2cccc(CNS)c2)c1N. The molecule has 2 rings (SSSR count). The Morgan fingerprint density at radius 1 is 1.06 bits per heavy atom. The maximum Gasteiger partial charge on any atom is 0.0627 e. The summed E-state index contributed by atoms with van der Waals surface area (Å²) < 4.78 is 2.83. The first-order valence-electron chi connectivity index (χ1n) is 5.32. The second kappa shape index (κ2) is 5.12. The number of para-hydroxylation sites is 1. The Morgan fingerprint density at radius 3 is 2.59 bits per heavy atom. The van der Waals surface area contributed by atoms with Gasteiger partial charge < -0.3 is 11.5 Å². The Hall–Kier alpha value is -1.65. The molecule has 3 nitrogen and oxygen atoms in total. The molecule has 0 heterocycles. The molecule has 0 amide bonds. The summed E-state index contributed by atoms with van der Waals surface area (Å²) in [4.78, 5) is 0. The van der Waals surface area contributed by atoms with Crippen molar-refractivity contribution in [2.24, 2.45) is 0 Å². The van der Waals surface area contributed by atoms with Gasteiger partial charge in [-0.05, 0) is 23.3 Å². The van der Waals surface area contributed by atoms with Gasteiger partial charge in [0.15, 0.2) is 0 Å². The molecule has 0 saturated heterocycles. The van der Waals surface area contributed by atoms with E-state index in [2.05, 4.69) is 23.6 Å². The summed E-state index contributed by atoms with van der Waals surface area (Å²) in [6.45, 7) is 0.708. The molecule has 88 valence electrons. The number of benzene rings is 2. The van der Waals surface area contributed by atoms with Gasteiger partial charge in [-0.1, -0.05) is 43.1 Å². The van der Waals surface area contributed by atoms with Gasteiger partial charge in [0.1, 0.15) is 0 Å². The third-order valence-electron chi connectivity index (χ3n) is 2.66. The van der Waals surface area contributed by atoms with Crippen molar-refractivity contribution in [3.8, 4) is 11.1 Å². The fraction of sp³-hybridized carbons (Fsp3) is 0.0769. The molecule has 0 bridgehead atoms. The van der Waals surface area contributed by atoms with E-state index >= 15 is 0 Å². The molecule has 0 aromatic heterocycles. The molecule has 0 spiro atoms. The smallest absolute Gasteiger partial charge is 0.0627 e. The van der Waals surface area contributed by atoms with Crippen LogP contribution in [0.25, 0.3) is 11.1 Å². The molecular formula is C13H15N3S. The molecule has 0 aliphatic rings. The van der Waals surface area contributed by atoms with Crippen molar-refractivity contribution in [3.63, 3.8) is 0 Å². The maximum absolute atomic E-state index is 5.98. The summed E-state index contributed by atoms with van der Waals surface area (Å²) in [5.74, 6) is 0. The lowest BCUT2D eigenvalue weighted by atomic mass is 10.0. The van der Waals surface area contributed by atoms with Crippen molar-refractivity contribution in [2.45, 2.75) is 6.54 Å². The summed E-state index contributed by atoms with van der Waals surface area (Å²) in [5, 5.41) is 0. The van der Waals surface area contributed by atoms with Gasteiger partial charge in [-0.3, -0.25) is 4.72 Å². The molecule has 4 heteroatoms. The molecule has 5 N–H and O–H groups in total.